The average Bonchev–Trinajstić information content (AvgIpc) is 3.11. The lowest BCUT2D eigenvalue weighted by molar-refractivity contribution is -0.136. The second kappa shape index (κ2) is 12.5. The molecule has 0 saturated carbocycles. The van der Waals surface area contributed by atoms with Gasteiger partial charge in [-0.15, -0.1) is 0 Å². The second-order valence-corrected chi connectivity index (χ2v) is 6.78. The minimum Gasteiger partial charge on any atom is -0.481 e. The summed E-state index contributed by atoms with van der Waals surface area (Å²) in [6, 6.07) is 2.01. The van der Waals surface area contributed by atoms with Crippen molar-refractivity contribution in [1.82, 2.24) is 14.5 Å². The highest BCUT2D eigenvalue weighted by Crippen LogP contribution is 2.21. The van der Waals surface area contributed by atoms with E-state index in [2.05, 4.69) is 45.6 Å². The zero-order valence-corrected chi connectivity index (χ0v) is 18.1. The van der Waals surface area contributed by atoms with E-state index in [1.807, 2.05) is 26.1 Å². The van der Waals surface area contributed by atoms with Crippen molar-refractivity contribution in [2.24, 2.45) is 22.6 Å². The molecule has 0 aliphatic carbocycles. The number of anilines is 1. The molecule has 0 aliphatic rings. The summed E-state index contributed by atoms with van der Waals surface area (Å²) in [7, 11) is 0. The summed E-state index contributed by atoms with van der Waals surface area (Å²) in [5.41, 5.74) is 6.98. The predicted octanol–water partition coefficient (Wildman–Crippen LogP) is 3.90. The maximum Gasteiger partial charge on any atom is 0.305 e. The number of aromatic nitrogens is 3. The number of carbonyl (C=O) groups is 1. The number of aliphatic imine (C=N–C) groups is 1. The SMILES string of the molecule is CC.CCC(Cn1ccc2cnc(N/C(C=NCCC(=O)O)=C/N)nc21)C(C)C. The third-order valence-corrected chi connectivity index (χ3v) is 4.52. The van der Waals surface area contributed by atoms with Gasteiger partial charge in [-0.25, -0.2) is 4.98 Å². The molecule has 0 spiro atoms. The molecule has 8 heteroatoms. The van der Waals surface area contributed by atoms with Crippen molar-refractivity contribution in [1.29, 1.82) is 0 Å². The van der Waals surface area contributed by atoms with Gasteiger partial charge in [-0.1, -0.05) is 41.0 Å². The fraction of sp³-hybridized carbons (Fsp3) is 0.524. The number of allylic oxidation sites excluding steroid dienone is 1. The van der Waals surface area contributed by atoms with E-state index in [1.165, 1.54) is 12.4 Å². The number of nitrogens with one attached hydrogen (secondary N) is 1. The van der Waals surface area contributed by atoms with Crippen molar-refractivity contribution in [2.45, 2.75) is 54.0 Å². The summed E-state index contributed by atoms with van der Waals surface area (Å²) in [5.74, 6) is 0.703. The van der Waals surface area contributed by atoms with Crippen LogP contribution in [0.25, 0.3) is 11.0 Å². The lowest BCUT2D eigenvalue weighted by atomic mass is 9.93. The molecule has 0 aromatic carbocycles. The van der Waals surface area contributed by atoms with E-state index in [9.17, 15) is 4.79 Å². The molecule has 4 N–H and O–H groups in total. The van der Waals surface area contributed by atoms with Crippen LogP contribution in [0.5, 0.6) is 0 Å². The Morgan fingerprint density at radius 2 is 2.14 bits per heavy atom. The van der Waals surface area contributed by atoms with Crippen LogP contribution in [0.15, 0.2) is 35.3 Å². The number of aliphatic carboxylic acids is 1. The summed E-state index contributed by atoms with van der Waals surface area (Å²) in [6.45, 7) is 11.8. The van der Waals surface area contributed by atoms with Gasteiger partial charge in [0, 0.05) is 43.3 Å². The minimum atomic E-state index is -0.889. The number of hydrogen-bond acceptors (Lipinski definition) is 6. The highest BCUT2D eigenvalue weighted by molar-refractivity contribution is 5.83. The zero-order chi connectivity index (χ0) is 21.8. The summed E-state index contributed by atoms with van der Waals surface area (Å²) in [6.07, 6.45) is 7.73. The van der Waals surface area contributed by atoms with E-state index in [4.69, 9.17) is 10.8 Å². The second-order valence-electron chi connectivity index (χ2n) is 6.78. The predicted molar refractivity (Wildman–Crippen MR) is 119 cm³/mol. The maximum atomic E-state index is 10.5. The molecule has 8 nitrogen and oxygen atoms in total. The van der Waals surface area contributed by atoms with E-state index < -0.39 is 5.97 Å². The number of nitrogens with two attached hydrogens (primary N) is 1. The van der Waals surface area contributed by atoms with Crippen molar-refractivity contribution >= 4 is 29.2 Å². The van der Waals surface area contributed by atoms with Crippen molar-refractivity contribution in [3.63, 3.8) is 0 Å². The lowest BCUT2D eigenvalue weighted by Gasteiger charge is -2.20. The number of rotatable bonds is 10. The van der Waals surface area contributed by atoms with Gasteiger partial charge < -0.3 is 20.7 Å². The number of carboxylic acids is 1. The zero-order valence-electron chi connectivity index (χ0n) is 18.1. The van der Waals surface area contributed by atoms with Gasteiger partial charge in [0.25, 0.3) is 0 Å². The van der Waals surface area contributed by atoms with Crippen LogP contribution < -0.4 is 11.1 Å². The van der Waals surface area contributed by atoms with Crippen LogP contribution in [-0.4, -0.2) is 38.4 Å². The normalized spacial score (nSPS) is 12.8. The van der Waals surface area contributed by atoms with Gasteiger partial charge in [0.2, 0.25) is 5.95 Å². The number of fused-ring (bicyclic) bond motifs is 1. The quantitative estimate of drug-likeness (QED) is 0.519. The van der Waals surface area contributed by atoms with E-state index in [1.54, 1.807) is 6.20 Å². The van der Waals surface area contributed by atoms with E-state index >= 15 is 0 Å². The first kappa shape index (κ1) is 24.1. The highest BCUT2D eigenvalue weighted by Gasteiger charge is 2.14. The molecule has 0 bridgehead atoms. The van der Waals surface area contributed by atoms with Crippen LogP contribution in [0.4, 0.5) is 5.95 Å². The standard InChI is InChI=1S/C19H28N6O2.C2H6/c1-4-14(13(2)3)12-25-8-6-15-10-22-19(24-18(15)25)23-16(9-20)11-21-7-5-17(26)27;1-2/h6,8-11,13-14H,4-5,7,12,20H2,1-3H3,(H,26,27)(H,22,23,24);1-2H3/b16-9+,21-11?;. The Hall–Kier alpha value is -2.90. The number of hydrogen-bond donors (Lipinski definition) is 3. The van der Waals surface area contributed by atoms with Crippen LogP contribution in [-0.2, 0) is 11.3 Å². The van der Waals surface area contributed by atoms with E-state index in [0.29, 0.717) is 23.5 Å². The molecule has 2 heterocycles. The Kier molecular flexibility index (Phi) is 10.4. The van der Waals surface area contributed by atoms with Gasteiger partial charge in [0.05, 0.1) is 12.1 Å². The van der Waals surface area contributed by atoms with E-state index in [-0.39, 0.29) is 13.0 Å². The molecule has 0 fully saturated rings. The molecule has 2 rings (SSSR count). The monoisotopic (exact) mass is 402 g/mol. The largest absolute Gasteiger partial charge is 0.481 e. The first-order chi connectivity index (χ1) is 13.9. The first-order valence-corrected chi connectivity index (χ1v) is 10.2. The van der Waals surface area contributed by atoms with Crippen molar-refractivity contribution in [3.8, 4) is 0 Å². The molecule has 2 aromatic heterocycles. The summed E-state index contributed by atoms with van der Waals surface area (Å²) < 4.78 is 2.16. The molecular formula is C21H34N6O2. The third kappa shape index (κ3) is 7.56. The molecular weight excluding hydrogens is 368 g/mol. The number of nitrogens with zero attached hydrogens (tertiary/aromatic N) is 4. The van der Waals surface area contributed by atoms with Crippen LogP contribution in [0.3, 0.4) is 0 Å². The Morgan fingerprint density at radius 1 is 1.41 bits per heavy atom. The average molecular weight is 403 g/mol. The molecule has 1 unspecified atom stereocenters. The molecule has 0 aliphatic heterocycles. The third-order valence-electron chi connectivity index (χ3n) is 4.52. The van der Waals surface area contributed by atoms with E-state index in [0.717, 1.165) is 24.0 Å². The molecule has 160 valence electrons. The molecule has 0 radical (unpaired) electrons. The maximum absolute atomic E-state index is 10.5. The van der Waals surface area contributed by atoms with Gasteiger partial charge in [-0.05, 0) is 17.9 Å². The van der Waals surface area contributed by atoms with Crippen molar-refractivity contribution in [2.75, 3.05) is 11.9 Å². The van der Waals surface area contributed by atoms with Gasteiger partial charge in [-0.2, -0.15) is 4.98 Å². The van der Waals surface area contributed by atoms with Gasteiger partial charge in [0.1, 0.15) is 5.65 Å². The fourth-order valence-electron chi connectivity index (χ4n) is 2.81. The first-order valence-electron chi connectivity index (χ1n) is 10.2. The van der Waals surface area contributed by atoms with Gasteiger partial charge >= 0.3 is 5.97 Å². The molecule has 29 heavy (non-hydrogen) atoms. The molecule has 1 atom stereocenters. The highest BCUT2D eigenvalue weighted by atomic mass is 16.4. The minimum absolute atomic E-state index is 0.0290. The smallest absolute Gasteiger partial charge is 0.305 e. The fourth-order valence-corrected chi connectivity index (χ4v) is 2.81. The van der Waals surface area contributed by atoms with Crippen LogP contribution >= 0.6 is 0 Å². The van der Waals surface area contributed by atoms with Gasteiger partial charge in [0.15, 0.2) is 0 Å². The topological polar surface area (TPSA) is 118 Å². The Morgan fingerprint density at radius 3 is 2.72 bits per heavy atom. The number of carboxylic acid groups (broad SMARTS) is 1. The summed E-state index contributed by atoms with van der Waals surface area (Å²) >= 11 is 0. The Balaban J connectivity index is 0.00000204. The molecule has 0 amide bonds. The Bertz CT molecular complexity index is 826. The van der Waals surface area contributed by atoms with Crippen LogP contribution in [0.2, 0.25) is 0 Å². The summed E-state index contributed by atoms with van der Waals surface area (Å²) in [4.78, 5) is 23.5. The molecule has 0 saturated heterocycles. The van der Waals surface area contributed by atoms with Crippen molar-refractivity contribution < 1.29 is 9.90 Å². The van der Waals surface area contributed by atoms with Crippen LogP contribution in [0.1, 0.15) is 47.5 Å². The molecule has 2 aromatic rings. The summed E-state index contributed by atoms with van der Waals surface area (Å²) in [5, 5.41) is 12.6. The van der Waals surface area contributed by atoms with Crippen LogP contribution in [0, 0.1) is 11.8 Å². The lowest BCUT2D eigenvalue weighted by Crippen LogP contribution is -2.15. The Labute approximate surface area is 173 Å². The van der Waals surface area contributed by atoms with Crippen molar-refractivity contribution in [3.05, 3.63) is 30.4 Å². The van der Waals surface area contributed by atoms with Gasteiger partial charge in [-0.3, -0.25) is 9.79 Å².